The zero-order valence-corrected chi connectivity index (χ0v) is 17.4. The van der Waals surface area contributed by atoms with Gasteiger partial charge in [0, 0.05) is 17.8 Å². The highest BCUT2D eigenvalue weighted by Gasteiger charge is 2.20. The van der Waals surface area contributed by atoms with E-state index in [1.165, 1.54) is 32.1 Å². The van der Waals surface area contributed by atoms with E-state index >= 15 is 0 Å². The van der Waals surface area contributed by atoms with E-state index in [-0.39, 0.29) is 23.9 Å². The molecule has 0 bridgehead atoms. The molecule has 0 spiro atoms. The Morgan fingerprint density at radius 1 is 1.19 bits per heavy atom. The van der Waals surface area contributed by atoms with Gasteiger partial charge in [-0.15, -0.1) is 0 Å². The number of amides is 2. The van der Waals surface area contributed by atoms with Crippen LogP contribution in [0, 0.1) is 5.92 Å². The number of hydrogen-bond donors (Lipinski definition) is 3. The Balaban J connectivity index is 1.82. The summed E-state index contributed by atoms with van der Waals surface area (Å²) in [6, 6.07) is 5.14. The van der Waals surface area contributed by atoms with Crippen LogP contribution in [0.2, 0.25) is 5.02 Å². The Morgan fingerprint density at radius 3 is 2.52 bits per heavy atom. The second-order valence-electron chi connectivity index (χ2n) is 8.05. The van der Waals surface area contributed by atoms with Crippen molar-refractivity contribution in [1.82, 2.24) is 10.6 Å². The Kier molecular flexibility index (Phi) is 7.96. The number of halogens is 1. The van der Waals surface area contributed by atoms with E-state index in [4.69, 9.17) is 11.6 Å². The molecule has 1 saturated carbocycles. The second-order valence-corrected chi connectivity index (χ2v) is 8.46. The third kappa shape index (κ3) is 7.06. The highest BCUT2D eigenvalue weighted by atomic mass is 35.5. The van der Waals surface area contributed by atoms with Gasteiger partial charge in [0.1, 0.15) is 0 Å². The Morgan fingerprint density at radius 2 is 1.89 bits per heavy atom. The van der Waals surface area contributed by atoms with Gasteiger partial charge in [-0.3, -0.25) is 9.59 Å². The first-order valence-electron chi connectivity index (χ1n) is 9.93. The molecule has 6 heteroatoms. The summed E-state index contributed by atoms with van der Waals surface area (Å²) in [4.78, 5) is 24.4. The largest absolute Gasteiger partial charge is 0.376 e. The highest BCUT2D eigenvalue weighted by molar-refractivity contribution is 6.34. The Labute approximate surface area is 167 Å². The van der Waals surface area contributed by atoms with E-state index in [0.29, 0.717) is 16.5 Å². The standard InChI is InChI=1S/C21H32ClN3O2/c1-4-21(2,3)25-20(27)17-11-10-16(12-18(17)22)23-14-19(26)24-13-15-8-6-5-7-9-15/h10-12,15,23H,4-9,13-14H2,1-3H3,(H,24,26)(H,25,27). The molecule has 1 aromatic carbocycles. The smallest absolute Gasteiger partial charge is 0.253 e. The maximum Gasteiger partial charge on any atom is 0.253 e. The van der Waals surface area contributed by atoms with Crippen molar-refractivity contribution in [3.63, 3.8) is 0 Å². The lowest BCUT2D eigenvalue weighted by molar-refractivity contribution is -0.119. The predicted octanol–water partition coefficient (Wildman–Crippen LogP) is 4.37. The van der Waals surface area contributed by atoms with Crippen molar-refractivity contribution in [2.45, 2.75) is 64.8 Å². The molecule has 2 amide bonds. The molecule has 0 radical (unpaired) electrons. The summed E-state index contributed by atoms with van der Waals surface area (Å²) in [5, 5.41) is 9.41. The summed E-state index contributed by atoms with van der Waals surface area (Å²) in [6.07, 6.45) is 7.10. The number of nitrogens with one attached hydrogen (secondary N) is 3. The van der Waals surface area contributed by atoms with E-state index in [9.17, 15) is 9.59 Å². The van der Waals surface area contributed by atoms with Crippen molar-refractivity contribution in [2.24, 2.45) is 5.92 Å². The minimum atomic E-state index is -0.284. The first kappa shape index (κ1) is 21.5. The molecule has 0 atom stereocenters. The van der Waals surface area contributed by atoms with Gasteiger partial charge in [0.05, 0.1) is 17.1 Å². The van der Waals surface area contributed by atoms with Gasteiger partial charge >= 0.3 is 0 Å². The van der Waals surface area contributed by atoms with Crippen LogP contribution in [-0.2, 0) is 4.79 Å². The molecule has 1 aromatic rings. The van der Waals surface area contributed by atoms with E-state index in [1.54, 1.807) is 18.2 Å². The van der Waals surface area contributed by atoms with Crippen molar-refractivity contribution >= 4 is 29.1 Å². The Hall–Kier alpha value is -1.75. The molecule has 2 rings (SSSR count). The third-order valence-electron chi connectivity index (χ3n) is 5.32. The van der Waals surface area contributed by atoms with Crippen molar-refractivity contribution in [3.8, 4) is 0 Å². The molecule has 3 N–H and O–H groups in total. The summed E-state index contributed by atoms with van der Waals surface area (Å²) in [6.45, 7) is 6.92. The number of carbonyl (C=O) groups is 2. The fourth-order valence-electron chi connectivity index (χ4n) is 3.17. The zero-order chi connectivity index (χ0) is 19.9. The van der Waals surface area contributed by atoms with E-state index < -0.39 is 0 Å². The summed E-state index contributed by atoms with van der Waals surface area (Å²) in [7, 11) is 0. The monoisotopic (exact) mass is 393 g/mol. The molecular formula is C21H32ClN3O2. The third-order valence-corrected chi connectivity index (χ3v) is 5.63. The van der Waals surface area contributed by atoms with Gasteiger partial charge in [-0.1, -0.05) is 37.8 Å². The SMILES string of the molecule is CCC(C)(C)NC(=O)c1ccc(NCC(=O)NCC2CCCCC2)cc1Cl. The first-order valence-corrected chi connectivity index (χ1v) is 10.3. The van der Waals surface area contributed by atoms with Gasteiger partial charge in [0.2, 0.25) is 5.91 Å². The molecule has 1 aliphatic rings. The number of anilines is 1. The lowest BCUT2D eigenvalue weighted by Crippen LogP contribution is -2.42. The molecule has 0 aromatic heterocycles. The molecule has 0 heterocycles. The molecule has 1 fully saturated rings. The number of benzene rings is 1. The quantitative estimate of drug-likeness (QED) is 0.614. The van der Waals surface area contributed by atoms with Crippen molar-refractivity contribution in [1.29, 1.82) is 0 Å². The summed E-state index contributed by atoms with van der Waals surface area (Å²) >= 11 is 6.27. The molecule has 150 valence electrons. The highest BCUT2D eigenvalue weighted by Crippen LogP contribution is 2.23. The molecule has 27 heavy (non-hydrogen) atoms. The van der Waals surface area contributed by atoms with Gasteiger partial charge in [-0.2, -0.15) is 0 Å². The van der Waals surface area contributed by atoms with Gasteiger partial charge in [0.15, 0.2) is 0 Å². The maximum absolute atomic E-state index is 12.4. The van der Waals surface area contributed by atoms with Crippen LogP contribution in [0.3, 0.4) is 0 Å². The topological polar surface area (TPSA) is 70.2 Å². The van der Waals surface area contributed by atoms with Gasteiger partial charge < -0.3 is 16.0 Å². The molecular weight excluding hydrogens is 362 g/mol. The molecule has 5 nitrogen and oxygen atoms in total. The normalized spacial score (nSPS) is 15.3. The second kappa shape index (κ2) is 9.98. The Bertz CT molecular complexity index is 655. The minimum Gasteiger partial charge on any atom is -0.376 e. The van der Waals surface area contributed by atoms with Gasteiger partial charge in [-0.25, -0.2) is 0 Å². The zero-order valence-electron chi connectivity index (χ0n) is 16.7. The number of rotatable bonds is 8. The number of hydrogen-bond acceptors (Lipinski definition) is 3. The summed E-state index contributed by atoms with van der Waals surface area (Å²) in [5.74, 6) is 0.397. The summed E-state index contributed by atoms with van der Waals surface area (Å²) in [5.41, 5.74) is 0.873. The van der Waals surface area contributed by atoms with Gasteiger partial charge in [-0.05, 0) is 57.2 Å². The molecule has 1 aliphatic carbocycles. The van der Waals surface area contributed by atoms with Crippen LogP contribution in [0.15, 0.2) is 18.2 Å². The van der Waals surface area contributed by atoms with E-state index in [0.717, 1.165) is 18.7 Å². The van der Waals surface area contributed by atoms with Crippen LogP contribution in [0.1, 0.15) is 69.7 Å². The van der Waals surface area contributed by atoms with Crippen LogP contribution < -0.4 is 16.0 Å². The fraction of sp³-hybridized carbons (Fsp3) is 0.619. The van der Waals surface area contributed by atoms with Crippen LogP contribution in [-0.4, -0.2) is 30.4 Å². The lowest BCUT2D eigenvalue weighted by Gasteiger charge is -2.24. The van der Waals surface area contributed by atoms with Crippen LogP contribution >= 0.6 is 11.6 Å². The average molecular weight is 394 g/mol. The van der Waals surface area contributed by atoms with Crippen molar-refractivity contribution in [3.05, 3.63) is 28.8 Å². The summed E-state index contributed by atoms with van der Waals surface area (Å²) < 4.78 is 0. The van der Waals surface area contributed by atoms with Gasteiger partial charge in [0.25, 0.3) is 5.91 Å². The molecule has 0 saturated heterocycles. The molecule has 0 aliphatic heterocycles. The fourth-order valence-corrected chi connectivity index (χ4v) is 3.43. The number of carbonyl (C=O) groups excluding carboxylic acids is 2. The van der Waals surface area contributed by atoms with Crippen molar-refractivity contribution < 1.29 is 9.59 Å². The maximum atomic E-state index is 12.4. The van der Waals surface area contributed by atoms with E-state index in [1.807, 2.05) is 20.8 Å². The average Bonchev–Trinajstić information content (AvgIpc) is 2.65. The van der Waals surface area contributed by atoms with Crippen molar-refractivity contribution in [2.75, 3.05) is 18.4 Å². The van der Waals surface area contributed by atoms with Crippen LogP contribution in [0.25, 0.3) is 0 Å². The van der Waals surface area contributed by atoms with Crippen LogP contribution in [0.5, 0.6) is 0 Å². The van der Waals surface area contributed by atoms with Crippen LogP contribution in [0.4, 0.5) is 5.69 Å². The first-order chi connectivity index (χ1) is 12.8. The molecule has 0 unspecified atom stereocenters. The van der Waals surface area contributed by atoms with E-state index in [2.05, 4.69) is 16.0 Å². The predicted molar refractivity (Wildman–Crippen MR) is 111 cm³/mol. The lowest BCUT2D eigenvalue weighted by atomic mass is 9.89. The minimum absolute atomic E-state index is 0.0248.